The van der Waals surface area contributed by atoms with Crippen molar-refractivity contribution in [3.05, 3.63) is 52.7 Å². The minimum Gasteiger partial charge on any atom is -0.349 e. The average molecular weight is 494 g/mol. The van der Waals surface area contributed by atoms with Crippen LogP contribution in [0, 0.1) is 11.8 Å². The van der Waals surface area contributed by atoms with Crippen molar-refractivity contribution in [2.45, 2.75) is 12.2 Å². The second kappa shape index (κ2) is 8.13. The van der Waals surface area contributed by atoms with Crippen LogP contribution in [-0.4, -0.2) is 50.7 Å². The molecule has 2 aromatic heterocycles. The van der Waals surface area contributed by atoms with Gasteiger partial charge in [-0.1, -0.05) is 11.6 Å². The minimum absolute atomic E-state index is 0.0660. The third-order valence-electron chi connectivity index (χ3n) is 6.24. The minimum atomic E-state index is -4.66. The number of halogens is 4. The van der Waals surface area contributed by atoms with Gasteiger partial charge < -0.3 is 20.5 Å². The predicted octanol–water partition coefficient (Wildman–Crippen LogP) is 2.68. The SMILES string of the molecule is Cn1c(-c2c[nH]nc2C(F)(F)F)cnc1C(=O)Nc1ccc(C(=O)NC2C3CNCC32)c(Cl)c1. The highest BCUT2D eigenvalue weighted by molar-refractivity contribution is 6.34. The van der Waals surface area contributed by atoms with E-state index in [2.05, 4.69) is 31.1 Å². The van der Waals surface area contributed by atoms with Gasteiger partial charge >= 0.3 is 6.18 Å². The third-order valence-corrected chi connectivity index (χ3v) is 6.55. The van der Waals surface area contributed by atoms with Crippen LogP contribution < -0.4 is 16.0 Å². The molecule has 0 bridgehead atoms. The van der Waals surface area contributed by atoms with Crippen LogP contribution in [0.3, 0.4) is 0 Å². The number of carbonyl (C=O) groups excluding carboxylic acids is 2. The lowest BCUT2D eigenvalue weighted by Crippen LogP contribution is -2.32. The van der Waals surface area contributed by atoms with Crippen molar-refractivity contribution < 1.29 is 22.8 Å². The molecule has 9 nitrogen and oxygen atoms in total. The van der Waals surface area contributed by atoms with E-state index in [1.165, 1.54) is 29.8 Å². The van der Waals surface area contributed by atoms with Gasteiger partial charge in [-0.2, -0.15) is 18.3 Å². The monoisotopic (exact) mass is 493 g/mol. The Kier molecular flexibility index (Phi) is 5.36. The number of anilines is 1. The number of amides is 2. The summed E-state index contributed by atoms with van der Waals surface area (Å²) < 4.78 is 40.8. The molecule has 1 aliphatic carbocycles. The lowest BCUT2D eigenvalue weighted by atomic mass is 10.2. The number of fused-ring (bicyclic) bond motifs is 1. The first-order chi connectivity index (χ1) is 16.1. The van der Waals surface area contributed by atoms with E-state index in [1.54, 1.807) is 0 Å². The summed E-state index contributed by atoms with van der Waals surface area (Å²) in [6, 6.07) is 4.62. The van der Waals surface area contributed by atoms with Crippen LogP contribution >= 0.6 is 11.6 Å². The number of alkyl halides is 3. The molecular formula is C21H19ClF3N7O2. The number of hydrogen-bond donors (Lipinski definition) is 4. The molecule has 1 saturated heterocycles. The number of hydrogen-bond acceptors (Lipinski definition) is 5. The van der Waals surface area contributed by atoms with Crippen LogP contribution in [-0.2, 0) is 13.2 Å². The number of aromatic nitrogens is 4. The number of piperidine rings is 1. The quantitative estimate of drug-likeness (QED) is 0.436. The number of aromatic amines is 1. The number of imidazole rings is 1. The number of nitrogens with one attached hydrogen (secondary N) is 4. The van der Waals surface area contributed by atoms with E-state index in [1.807, 2.05) is 0 Å². The zero-order chi connectivity index (χ0) is 24.2. The maximum Gasteiger partial charge on any atom is 0.435 e. The summed E-state index contributed by atoms with van der Waals surface area (Å²) in [7, 11) is 1.42. The predicted molar refractivity (Wildman–Crippen MR) is 116 cm³/mol. The van der Waals surface area contributed by atoms with Crippen LogP contribution in [0.5, 0.6) is 0 Å². The maximum atomic E-state index is 13.2. The first kappa shape index (κ1) is 22.4. The summed E-state index contributed by atoms with van der Waals surface area (Å²) in [6.45, 7) is 1.78. The van der Waals surface area contributed by atoms with E-state index in [9.17, 15) is 22.8 Å². The second-order valence-corrected chi connectivity index (χ2v) is 8.71. The number of nitrogens with zero attached hydrogens (tertiary/aromatic N) is 3. The fourth-order valence-electron chi connectivity index (χ4n) is 4.40. The Balaban J connectivity index is 1.29. The molecule has 1 aliphatic heterocycles. The molecule has 13 heteroatoms. The molecule has 1 aromatic carbocycles. The molecule has 2 unspecified atom stereocenters. The number of rotatable bonds is 5. The van der Waals surface area contributed by atoms with Gasteiger partial charge in [0.1, 0.15) is 0 Å². The van der Waals surface area contributed by atoms with Crippen molar-refractivity contribution in [1.29, 1.82) is 0 Å². The largest absolute Gasteiger partial charge is 0.435 e. The van der Waals surface area contributed by atoms with Gasteiger partial charge in [0.05, 0.1) is 28.0 Å². The summed E-state index contributed by atoms with van der Waals surface area (Å²) in [4.78, 5) is 29.2. The Bertz CT molecular complexity index is 1280. The Morgan fingerprint density at radius 3 is 2.62 bits per heavy atom. The third kappa shape index (κ3) is 3.92. The van der Waals surface area contributed by atoms with E-state index in [0.29, 0.717) is 17.5 Å². The molecule has 4 N–H and O–H groups in total. The Morgan fingerprint density at radius 2 is 1.94 bits per heavy atom. The molecule has 0 spiro atoms. The van der Waals surface area contributed by atoms with Crippen molar-refractivity contribution in [3.63, 3.8) is 0 Å². The first-order valence-corrected chi connectivity index (χ1v) is 10.8. The summed E-state index contributed by atoms with van der Waals surface area (Å²) >= 11 is 6.28. The molecule has 3 aromatic rings. The molecule has 0 radical (unpaired) electrons. The standard InChI is InChI=1S/C21H19ClF3N7O2/c1-32-15(13-7-28-31-17(13)21(23,24)25)8-27-18(32)20(34)29-9-2-3-10(14(22)4-9)19(33)30-16-11-5-26-6-12(11)16/h2-4,7-8,11-12,16,26H,5-6H2,1H3,(H,28,31)(H,29,34)(H,30,33). The van der Waals surface area contributed by atoms with Crippen molar-refractivity contribution >= 4 is 29.1 Å². The van der Waals surface area contributed by atoms with Gasteiger partial charge in [-0.25, -0.2) is 4.98 Å². The van der Waals surface area contributed by atoms with Crippen molar-refractivity contribution in [1.82, 2.24) is 30.4 Å². The van der Waals surface area contributed by atoms with Gasteiger partial charge in [-0.3, -0.25) is 14.7 Å². The highest BCUT2D eigenvalue weighted by Crippen LogP contribution is 2.42. The van der Waals surface area contributed by atoms with Crippen LogP contribution in [0.4, 0.5) is 18.9 Å². The number of carbonyl (C=O) groups is 2. The van der Waals surface area contributed by atoms with Crippen LogP contribution in [0.25, 0.3) is 11.3 Å². The zero-order valence-electron chi connectivity index (χ0n) is 17.7. The van der Waals surface area contributed by atoms with Crippen molar-refractivity contribution in [3.8, 4) is 11.3 Å². The number of benzene rings is 1. The van der Waals surface area contributed by atoms with Gasteiger partial charge in [0.15, 0.2) is 11.5 Å². The Labute approximate surface area is 196 Å². The molecule has 2 amide bonds. The first-order valence-electron chi connectivity index (χ1n) is 10.4. The lowest BCUT2D eigenvalue weighted by Gasteiger charge is -2.11. The molecule has 1 saturated carbocycles. The number of H-pyrrole nitrogens is 1. The zero-order valence-corrected chi connectivity index (χ0v) is 18.5. The van der Waals surface area contributed by atoms with Crippen molar-refractivity contribution in [2.75, 3.05) is 18.4 Å². The summed E-state index contributed by atoms with van der Waals surface area (Å²) in [5.41, 5.74) is -0.666. The molecule has 34 heavy (non-hydrogen) atoms. The van der Waals surface area contributed by atoms with E-state index in [-0.39, 0.29) is 39.6 Å². The van der Waals surface area contributed by atoms with Crippen LogP contribution in [0.2, 0.25) is 5.02 Å². The van der Waals surface area contributed by atoms with E-state index in [4.69, 9.17) is 11.6 Å². The highest BCUT2D eigenvalue weighted by atomic mass is 35.5. The molecule has 2 fully saturated rings. The fourth-order valence-corrected chi connectivity index (χ4v) is 4.66. The maximum absolute atomic E-state index is 13.2. The van der Waals surface area contributed by atoms with E-state index in [0.717, 1.165) is 25.5 Å². The normalized spacial score (nSPS) is 21.3. The lowest BCUT2D eigenvalue weighted by molar-refractivity contribution is -0.140. The molecule has 2 aliphatic rings. The van der Waals surface area contributed by atoms with Gasteiger partial charge in [-0.15, -0.1) is 0 Å². The van der Waals surface area contributed by atoms with E-state index < -0.39 is 17.8 Å². The summed E-state index contributed by atoms with van der Waals surface area (Å²) in [6.07, 6.45) is -2.41. The highest BCUT2D eigenvalue weighted by Gasteiger charge is 2.53. The van der Waals surface area contributed by atoms with E-state index >= 15 is 0 Å². The molecule has 5 rings (SSSR count). The average Bonchev–Trinajstić information content (AvgIpc) is 3.26. The van der Waals surface area contributed by atoms with Crippen molar-refractivity contribution in [2.24, 2.45) is 18.9 Å². The molecule has 178 valence electrons. The Morgan fingerprint density at radius 1 is 1.21 bits per heavy atom. The summed E-state index contributed by atoms with van der Waals surface area (Å²) in [5, 5.41) is 14.5. The Hall–Kier alpha value is -3.38. The molecular weight excluding hydrogens is 475 g/mol. The second-order valence-electron chi connectivity index (χ2n) is 8.31. The summed E-state index contributed by atoms with van der Waals surface area (Å²) in [5.74, 6) is -0.137. The van der Waals surface area contributed by atoms with Gasteiger partial charge in [-0.05, 0) is 30.0 Å². The molecule has 2 atom stereocenters. The van der Waals surface area contributed by atoms with Gasteiger partial charge in [0.2, 0.25) is 0 Å². The van der Waals surface area contributed by atoms with Crippen LogP contribution in [0.1, 0.15) is 26.7 Å². The van der Waals surface area contributed by atoms with Gasteiger partial charge in [0.25, 0.3) is 11.8 Å². The topological polar surface area (TPSA) is 117 Å². The smallest absolute Gasteiger partial charge is 0.349 e. The van der Waals surface area contributed by atoms with Crippen LogP contribution in [0.15, 0.2) is 30.6 Å². The molecule has 3 heterocycles. The van der Waals surface area contributed by atoms with Gasteiger partial charge in [0, 0.05) is 38.1 Å². The fraction of sp³-hybridized carbons (Fsp3) is 0.333.